The van der Waals surface area contributed by atoms with Crippen LogP contribution in [0.3, 0.4) is 0 Å². The Morgan fingerprint density at radius 3 is 2.32 bits per heavy atom. The van der Waals surface area contributed by atoms with Crippen LogP contribution in [0, 0.1) is 0 Å². The lowest BCUT2D eigenvalue weighted by Crippen LogP contribution is -2.01. The second-order valence-corrected chi connectivity index (χ2v) is 7.76. The molecule has 2 heterocycles. The van der Waals surface area contributed by atoms with Gasteiger partial charge in [-0.2, -0.15) is 0 Å². The topological polar surface area (TPSA) is 28.9 Å². The predicted octanol–water partition coefficient (Wildman–Crippen LogP) is 7.37. The monoisotopic (exact) mass is 427 g/mol. The van der Waals surface area contributed by atoms with Crippen molar-refractivity contribution in [2.75, 3.05) is 0 Å². The zero-order chi connectivity index (χ0) is 18.9. The van der Waals surface area contributed by atoms with Crippen molar-refractivity contribution in [3.63, 3.8) is 0 Å². The number of nitrogens with one attached hydrogen (secondary N) is 1. The number of fused-ring (bicyclic) bond motifs is 1. The summed E-state index contributed by atoms with van der Waals surface area (Å²) in [6.45, 7) is 0. The fraction of sp³-hybridized carbons (Fsp3) is 0.0400. The fourth-order valence-electron chi connectivity index (χ4n) is 3.76. The standard InChI is InChI=1S/C25H18BrNO/c26-19-11-12-22-20(15-19)21(16-27-22)25(18-9-5-2-6-10-18)24-14-13-23(28-24)17-7-3-1-4-8-17/h1-16,25,27H. The molecule has 1 unspecified atom stereocenters. The van der Waals surface area contributed by atoms with Gasteiger partial charge in [0.05, 0.1) is 5.92 Å². The number of hydrogen-bond donors (Lipinski definition) is 1. The smallest absolute Gasteiger partial charge is 0.134 e. The van der Waals surface area contributed by atoms with Gasteiger partial charge >= 0.3 is 0 Å². The van der Waals surface area contributed by atoms with E-state index in [0.29, 0.717) is 0 Å². The van der Waals surface area contributed by atoms with Crippen LogP contribution in [0.15, 0.2) is 106 Å². The molecule has 2 nitrogen and oxygen atoms in total. The quantitative estimate of drug-likeness (QED) is 0.318. The van der Waals surface area contributed by atoms with Crippen LogP contribution in [-0.2, 0) is 0 Å². The Balaban J connectivity index is 1.68. The molecule has 0 aliphatic heterocycles. The van der Waals surface area contributed by atoms with Crippen LogP contribution < -0.4 is 0 Å². The van der Waals surface area contributed by atoms with Crippen molar-refractivity contribution >= 4 is 26.8 Å². The Kier molecular flexibility index (Phi) is 4.38. The van der Waals surface area contributed by atoms with Crippen molar-refractivity contribution in [2.45, 2.75) is 5.92 Å². The summed E-state index contributed by atoms with van der Waals surface area (Å²) < 4.78 is 7.43. The molecule has 2 aromatic heterocycles. The Morgan fingerprint density at radius 2 is 1.54 bits per heavy atom. The predicted molar refractivity (Wildman–Crippen MR) is 118 cm³/mol. The maximum absolute atomic E-state index is 6.36. The first-order valence-corrected chi connectivity index (χ1v) is 10.1. The molecule has 3 aromatic carbocycles. The molecule has 28 heavy (non-hydrogen) atoms. The van der Waals surface area contributed by atoms with Gasteiger partial charge in [0.2, 0.25) is 0 Å². The minimum Gasteiger partial charge on any atom is -0.460 e. The lowest BCUT2D eigenvalue weighted by Gasteiger charge is -2.15. The summed E-state index contributed by atoms with van der Waals surface area (Å²) in [6.07, 6.45) is 2.10. The van der Waals surface area contributed by atoms with Gasteiger partial charge in [-0.3, -0.25) is 0 Å². The molecule has 0 saturated carbocycles. The molecular formula is C25H18BrNO. The summed E-state index contributed by atoms with van der Waals surface area (Å²) >= 11 is 3.61. The maximum atomic E-state index is 6.36. The van der Waals surface area contributed by atoms with E-state index in [9.17, 15) is 0 Å². The molecule has 136 valence electrons. The highest BCUT2D eigenvalue weighted by Gasteiger charge is 2.23. The molecule has 3 heteroatoms. The first-order chi connectivity index (χ1) is 13.8. The number of benzene rings is 3. The highest BCUT2D eigenvalue weighted by Crippen LogP contribution is 2.39. The minimum absolute atomic E-state index is 0.0155. The molecule has 0 saturated heterocycles. The van der Waals surface area contributed by atoms with Crippen molar-refractivity contribution in [1.29, 1.82) is 0 Å². The fourth-order valence-corrected chi connectivity index (χ4v) is 4.12. The molecule has 5 rings (SSSR count). The Bertz CT molecular complexity index is 1220. The van der Waals surface area contributed by atoms with Crippen molar-refractivity contribution in [3.8, 4) is 11.3 Å². The van der Waals surface area contributed by atoms with E-state index in [1.165, 1.54) is 16.5 Å². The van der Waals surface area contributed by atoms with Gasteiger partial charge in [0.1, 0.15) is 11.5 Å². The van der Waals surface area contributed by atoms with Gasteiger partial charge in [0.15, 0.2) is 0 Å². The van der Waals surface area contributed by atoms with E-state index in [0.717, 1.165) is 27.1 Å². The molecular weight excluding hydrogens is 410 g/mol. The molecule has 1 N–H and O–H groups in total. The zero-order valence-corrected chi connectivity index (χ0v) is 16.7. The van der Waals surface area contributed by atoms with Gasteiger partial charge in [-0.25, -0.2) is 0 Å². The van der Waals surface area contributed by atoms with Crippen LogP contribution >= 0.6 is 15.9 Å². The maximum Gasteiger partial charge on any atom is 0.134 e. The average molecular weight is 428 g/mol. The lowest BCUT2D eigenvalue weighted by molar-refractivity contribution is 0.516. The van der Waals surface area contributed by atoms with Crippen LogP contribution in [0.25, 0.3) is 22.2 Å². The van der Waals surface area contributed by atoms with Gasteiger partial charge in [-0.15, -0.1) is 0 Å². The van der Waals surface area contributed by atoms with Crippen molar-refractivity contribution in [1.82, 2.24) is 4.98 Å². The summed E-state index contributed by atoms with van der Waals surface area (Å²) in [5.41, 5.74) is 4.62. The molecule has 0 fully saturated rings. The first kappa shape index (κ1) is 17.1. The average Bonchev–Trinajstić information content (AvgIpc) is 3.38. The Hall–Kier alpha value is -3.04. The van der Waals surface area contributed by atoms with Crippen LogP contribution in [-0.4, -0.2) is 4.98 Å². The second kappa shape index (κ2) is 7.17. The van der Waals surface area contributed by atoms with Crippen LogP contribution in [0.5, 0.6) is 0 Å². The van der Waals surface area contributed by atoms with E-state index in [-0.39, 0.29) is 5.92 Å². The summed E-state index contributed by atoms with van der Waals surface area (Å²) in [4.78, 5) is 3.41. The van der Waals surface area contributed by atoms with Crippen LogP contribution in [0.1, 0.15) is 22.8 Å². The summed E-state index contributed by atoms with van der Waals surface area (Å²) in [5, 5.41) is 1.20. The molecule has 0 amide bonds. The number of furan rings is 1. The van der Waals surface area contributed by atoms with E-state index in [1.54, 1.807) is 0 Å². The number of H-pyrrole nitrogens is 1. The number of hydrogen-bond acceptors (Lipinski definition) is 1. The number of rotatable bonds is 4. The molecule has 0 radical (unpaired) electrons. The highest BCUT2D eigenvalue weighted by molar-refractivity contribution is 9.10. The highest BCUT2D eigenvalue weighted by atomic mass is 79.9. The summed E-state index contributed by atoms with van der Waals surface area (Å²) in [6, 6.07) is 31.2. The van der Waals surface area contributed by atoms with Gasteiger partial charge in [-0.05, 0) is 41.5 Å². The number of aromatic nitrogens is 1. The first-order valence-electron chi connectivity index (χ1n) is 9.26. The molecule has 0 aliphatic rings. The molecule has 5 aromatic rings. The van der Waals surface area contributed by atoms with Gasteiger partial charge in [0.25, 0.3) is 0 Å². The van der Waals surface area contributed by atoms with E-state index in [1.807, 2.05) is 24.3 Å². The van der Waals surface area contributed by atoms with E-state index < -0.39 is 0 Å². The number of halogens is 1. The van der Waals surface area contributed by atoms with Gasteiger partial charge in [-0.1, -0.05) is 76.6 Å². The molecule has 0 spiro atoms. The normalized spacial score (nSPS) is 12.3. The van der Waals surface area contributed by atoms with Crippen LogP contribution in [0.2, 0.25) is 0 Å². The van der Waals surface area contributed by atoms with E-state index in [4.69, 9.17) is 4.42 Å². The number of aromatic amines is 1. The third-order valence-electron chi connectivity index (χ3n) is 5.09. The van der Waals surface area contributed by atoms with E-state index in [2.05, 4.69) is 93.8 Å². The SMILES string of the molecule is Brc1ccc2[nH]cc(C(c3ccccc3)c3ccc(-c4ccccc4)o3)c2c1. The molecule has 0 bridgehead atoms. The molecule has 1 atom stereocenters. The van der Waals surface area contributed by atoms with Crippen molar-refractivity contribution in [2.24, 2.45) is 0 Å². The van der Waals surface area contributed by atoms with E-state index >= 15 is 0 Å². The largest absolute Gasteiger partial charge is 0.460 e. The van der Waals surface area contributed by atoms with Crippen molar-refractivity contribution < 1.29 is 4.42 Å². The molecule has 0 aliphatic carbocycles. The Morgan fingerprint density at radius 1 is 0.786 bits per heavy atom. The summed E-state index contributed by atoms with van der Waals surface area (Å²) in [5.74, 6) is 1.84. The lowest BCUT2D eigenvalue weighted by atomic mass is 9.89. The van der Waals surface area contributed by atoms with Gasteiger partial charge < -0.3 is 9.40 Å². The third-order valence-corrected chi connectivity index (χ3v) is 5.58. The third kappa shape index (κ3) is 3.08. The van der Waals surface area contributed by atoms with Gasteiger partial charge in [0, 0.05) is 27.1 Å². The summed E-state index contributed by atoms with van der Waals surface area (Å²) in [7, 11) is 0. The minimum atomic E-state index is 0.0155. The second-order valence-electron chi connectivity index (χ2n) is 6.85. The van der Waals surface area contributed by atoms with Crippen LogP contribution in [0.4, 0.5) is 0 Å². The Labute approximate surface area is 172 Å². The van der Waals surface area contributed by atoms with Crippen molar-refractivity contribution in [3.05, 3.63) is 119 Å². The zero-order valence-electron chi connectivity index (χ0n) is 15.1.